The Balaban J connectivity index is 1.92. The first-order valence-corrected chi connectivity index (χ1v) is 15.2. The predicted octanol–water partition coefficient (Wildman–Crippen LogP) is 5.67. The molecule has 0 saturated heterocycles. The molecule has 1 aliphatic carbocycles. The maximum atomic E-state index is 13.8. The van der Waals surface area contributed by atoms with Crippen LogP contribution in [0.2, 0.25) is 15.1 Å². The first kappa shape index (κ1) is 29.6. The minimum absolute atomic E-state index is 0.0731. The van der Waals surface area contributed by atoms with Gasteiger partial charge in [-0.25, -0.2) is 8.42 Å². The summed E-state index contributed by atoms with van der Waals surface area (Å²) in [5, 5.41) is 4.13. The molecule has 0 aliphatic heterocycles. The van der Waals surface area contributed by atoms with Crippen molar-refractivity contribution in [1.82, 2.24) is 10.2 Å². The molecule has 202 valence electrons. The van der Waals surface area contributed by atoms with Gasteiger partial charge in [0.1, 0.15) is 12.6 Å². The Morgan fingerprint density at radius 3 is 2.11 bits per heavy atom. The van der Waals surface area contributed by atoms with E-state index in [1.807, 2.05) is 6.92 Å². The van der Waals surface area contributed by atoms with Crippen LogP contribution < -0.4 is 9.62 Å². The van der Waals surface area contributed by atoms with Crippen molar-refractivity contribution in [3.63, 3.8) is 0 Å². The van der Waals surface area contributed by atoms with Crippen molar-refractivity contribution in [2.45, 2.75) is 64.1 Å². The molecule has 2 aromatic carbocycles. The van der Waals surface area contributed by atoms with Crippen LogP contribution in [0.15, 0.2) is 42.5 Å². The zero-order chi connectivity index (χ0) is 27.2. The Kier molecular flexibility index (Phi) is 10.5. The van der Waals surface area contributed by atoms with Gasteiger partial charge in [0.05, 0.1) is 11.9 Å². The van der Waals surface area contributed by atoms with Crippen LogP contribution in [-0.2, 0) is 26.2 Å². The number of anilines is 1. The SMILES string of the molecule is CC[C@@H](C(=O)NC1CCCCC1)N(Cc1ccc(Cl)cc1)C(=O)CN(c1cc(Cl)cc(Cl)c1)S(C)(=O)=O. The molecule has 2 amide bonds. The Bertz CT molecular complexity index is 1180. The fourth-order valence-electron chi connectivity index (χ4n) is 4.55. The molecule has 11 heteroatoms. The zero-order valence-corrected chi connectivity index (χ0v) is 24.0. The first-order valence-electron chi connectivity index (χ1n) is 12.3. The number of nitrogens with one attached hydrogen (secondary N) is 1. The lowest BCUT2D eigenvalue weighted by Crippen LogP contribution is -2.53. The number of sulfonamides is 1. The van der Waals surface area contributed by atoms with Crippen LogP contribution in [0.25, 0.3) is 0 Å². The maximum absolute atomic E-state index is 13.8. The van der Waals surface area contributed by atoms with Gasteiger partial charge in [0.25, 0.3) is 0 Å². The van der Waals surface area contributed by atoms with Gasteiger partial charge in [0, 0.05) is 27.7 Å². The Morgan fingerprint density at radius 2 is 1.57 bits per heavy atom. The summed E-state index contributed by atoms with van der Waals surface area (Å²) >= 11 is 18.2. The highest BCUT2D eigenvalue weighted by molar-refractivity contribution is 7.92. The minimum Gasteiger partial charge on any atom is -0.352 e. The van der Waals surface area contributed by atoms with Crippen molar-refractivity contribution in [2.75, 3.05) is 17.1 Å². The molecule has 1 saturated carbocycles. The minimum atomic E-state index is -3.88. The number of halogens is 3. The van der Waals surface area contributed by atoms with E-state index in [-0.39, 0.29) is 34.2 Å². The summed E-state index contributed by atoms with van der Waals surface area (Å²) in [6.07, 6.45) is 6.45. The smallest absolute Gasteiger partial charge is 0.244 e. The molecule has 3 rings (SSSR count). The van der Waals surface area contributed by atoms with E-state index in [0.717, 1.165) is 48.2 Å². The lowest BCUT2D eigenvalue weighted by atomic mass is 9.95. The standard InChI is InChI=1S/C26H32Cl3N3O4S/c1-3-24(26(34)30-22-7-5-4-6-8-22)31(16-18-9-11-19(27)12-10-18)25(33)17-32(37(2,35)36)23-14-20(28)13-21(29)15-23/h9-15,22,24H,3-8,16-17H2,1-2H3,(H,30,34)/t24-/m0/s1. The molecule has 2 aromatic rings. The molecule has 0 heterocycles. The molecule has 0 aromatic heterocycles. The second-order valence-corrected chi connectivity index (χ2v) is 12.5. The molecular weight excluding hydrogens is 557 g/mol. The van der Waals surface area contributed by atoms with Crippen LogP contribution in [0.4, 0.5) is 5.69 Å². The Hall–Kier alpha value is -2.00. The van der Waals surface area contributed by atoms with Crippen molar-refractivity contribution in [1.29, 1.82) is 0 Å². The van der Waals surface area contributed by atoms with Gasteiger partial charge in [0.15, 0.2) is 0 Å². The van der Waals surface area contributed by atoms with Crippen LogP contribution >= 0.6 is 34.8 Å². The maximum Gasteiger partial charge on any atom is 0.244 e. The fraction of sp³-hybridized carbons (Fsp3) is 0.462. The van der Waals surface area contributed by atoms with Crippen molar-refractivity contribution in [3.05, 3.63) is 63.1 Å². The second kappa shape index (κ2) is 13.2. The summed E-state index contributed by atoms with van der Waals surface area (Å²) in [7, 11) is -3.88. The predicted molar refractivity (Wildman–Crippen MR) is 150 cm³/mol. The number of amides is 2. The number of nitrogens with zero attached hydrogens (tertiary/aromatic N) is 2. The van der Waals surface area contributed by atoms with E-state index >= 15 is 0 Å². The van der Waals surface area contributed by atoms with Crippen LogP contribution in [0.5, 0.6) is 0 Å². The highest BCUT2D eigenvalue weighted by Gasteiger charge is 2.33. The number of hydrogen-bond donors (Lipinski definition) is 1. The molecule has 0 unspecified atom stereocenters. The number of hydrogen-bond acceptors (Lipinski definition) is 4. The van der Waals surface area contributed by atoms with E-state index in [4.69, 9.17) is 34.8 Å². The summed E-state index contributed by atoms with van der Waals surface area (Å²) in [4.78, 5) is 28.6. The molecule has 0 spiro atoms. The average Bonchev–Trinajstić information content (AvgIpc) is 2.82. The van der Waals surface area contributed by atoms with Gasteiger partial charge in [-0.2, -0.15) is 0 Å². The molecule has 1 fully saturated rings. The van der Waals surface area contributed by atoms with E-state index in [1.54, 1.807) is 24.3 Å². The lowest BCUT2D eigenvalue weighted by molar-refractivity contribution is -0.140. The molecule has 37 heavy (non-hydrogen) atoms. The number of rotatable bonds is 10. The second-order valence-electron chi connectivity index (χ2n) is 9.31. The van der Waals surface area contributed by atoms with Gasteiger partial charge in [0.2, 0.25) is 21.8 Å². The summed E-state index contributed by atoms with van der Waals surface area (Å²) in [5.74, 6) is -0.768. The Morgan fingerprint density at radius 1 is 0.973 bits per heavy atom. The topological polar surface area (TPSA) is 86.8 Å². The zero-order valence-electron chi connectivity index (χ0n) is 20.9. The average molecular weight is 589 g/mol. The molecule has 1 aliphatic rings. The van der Waals surface area contributed by atoms with E-state index in [1.165, 1.54) is 23.1 Å². The van der Waals surface area contributed by atoms with Crippen LogP contribution in [0.3, 0.4) is 0 Å². The summed E-state index contributed by atoms with van der Waals surface area (Å²) in [5.41, 5.74) is 0.929. The van der Waals surface area contributed by atoms with E-state index < -0.39 is 28.5 Å². The normalized spacial score (nSPS) is 15.2. The number of carbonyl (C=O) groups is 2. The molecule has 0 bridgehead atoms. The highest BCUT2D eigenvalue weighted by atomic mass is 35.5. The monoisotopic (exact) mass is 587 g/mol. The quantitative estimate of drug-likeness (QED) is 0.388. The van der Waals surface area contributed by atoms with Crippen LogP contribution in [0.1, 0.15) is 51.0 Å². The molecule has 1 N–H and O–H groups in total. The fourth-order valence-corrected chi connectivity index (χ4v) is 6.02. The number of carbonyl (C=O) groups excluding carboxylic acids is 2. The van der Waals surface area contributed by atoms with Gasteiger partial charge >= 0.3 is 0 Å². The summed E-state index contributed by atoms with van der Waals surface area (Å²) < 4.78 is 26.4. The third kappa shape index (κ3) is 8.50. The van der Waals surface area contributed by atoms with Gasteiger partial charge < -0.3 is 10.2 Å². The van der Waals surface area contributed by atoms with Gasteiger partial charge in [-0.05, 0) is 55.2 Å². The molecule has 0 radical (unpaired) electrons. The molecule has 7 nitrogen and oxygen atoms in total. The van der Waals surface area contributed by atoms with Crippen molar-refractivity contribution >= 4 is 62.3 Å². The van der Waals surface area contributed by atoms with Crippen molar-refractivity contribution in [3.8, 4) is 0 Å². The summed E-state index contributed by atoms with van der Waals surface area (Å²) in [6, 6.07) is 10.6. The van der Waals surface area contributed by atoms with Crippen molar-refractivity contribution < 1.29 is 18.0 Å². The van der Waals surface area contributed by atoms with Crippen LogP contribution in [0, 0.1) is 0 Å². The van der Waals surface area contributed by atoms with Crippen molar-refractivity contribution in [2.24, 2.45) is 0 Å². The van der Waals surface area contributed by atoms with Gasteiger partial charge in [-0.1, -0.05) is 73.1 Å². The van der Waals surface area contributed by atoms with Gasteiger partial charge in [-0.3, -0.25) is 13.9 Å². The lowest BCUT2D eigenvalue weighted by Gasteiger charge is -2.34. The van der Waals surface area contributed by atoms with Crippen LogP contribution in [-0.4, -0.2) is 50.0 Å². The van der Waals surface area contributed by atoms with E-state index in [0.29, 0.717) is 11.4 Å². The molecule has 1 atom stereocenters. The largest absolute Gasteiger partial charge is 0.352 e. The third-order valence-corrected chi connectivity index (χ3v) is 8.25. The summed E-state index contributed by atoms with van der Waals surface area (Å²) in [6.45, 7) is 1.43. The number of benzene rings is 2. The third-order valence-electron chi connectivity index (χ3n) is 6.42. The first-order chi connectivity index (χ1) is 17.5. The van der Waals surface area contributed by atoms with E-state index in [9.17, 15) is 18.0 Å². The van der Waals surface area contributed by atoms with Gasteiger partial charge in [-0.15, -0.1) is 0 Å². The highest BCUT2D eigenvalue weighted by Crippen LogP contribution is 2.28. The van der Waals surface area contributed by atoms with E-state index in [2.05, 4.69) is 5.32 Å². The molecular formula is C26H32Cl3N3O4S. The Labute approximate surface area is 234 Å².